The SMILES string of the molecule is Cc1ccc(/C(C#N)=C\c2ccc(OCc3ccc(Cl)c(Cl)c3)c(I)c2)cc1. The summed E-state index contributed by atoms with van der Waals surface area (Å²) in [7, 11) is 0. The van der Waals surface area contributed by atoms with Gasteiger partial charge in [0.05, 0.1) is 25.3 Å². The normalized spacial score (nSPS) is 11.2. The molecule has 0 N–H and O–H groups in total. The summed E-state index contributed by atoms with van der Waals surface area (Å²) in [6.07, 6.45) is 1.88. The molecule has 140 valence electrons. The van der Waals surface area contributed by atoms with Gasteiger partial charge in [-0.1, -0.05) is 65.2 Å². The molecule has 5 heteroatoms. The number of nitriles is 1. The second-order valence-corrected chi connectivity index (χ2v) is 8.24. The fourth-order valence-corrected chi connectivity index (χ4v) is 3.61. The van der Waals surface area contributed by atoms with Gasteiger partial charge in [-0.15, -0.1) is 0 Å². The van der Waals surface area contributed by atoms with Crippen molar-refractivity contribution in [1.82, 2.24) is 0 Å². The van der Waals surface area contributed by atoms with Crippen molar-refractivity contribution in [2.24, 2.45) is 0 Å². The van der Waals surface area contributed by atoms with E-state index in [-0.39, 0.29) is 0 Å². The van der Waals surface area contributed by atoms with E-state index in [1.54, 1.807) is 12.1 Å². The van der Waals surface area contributed by atoms with E-state index in [1.165, 1.54) is 5.56 Å². The van der Waals surface area contributed by atoms with Gasteiger partial charge in [0.2, 0.25) is 0 Å². The number of hydrogen-bond acceptors (Lipinski definition) is 2. The predicted octanol–water partition coefficient (Wildman–Crippen LogP) is 7.55. The van der Waals surface area contributed by atoms with Gasteiger partial charge < -0.3 is 4.74 Å². The van der Waals surface area contributed by atoms with Crippen LogP contribution in [-0.4, -0.2) is 0 Å². The minimum absolute atomic E-state index is 0.398. The van der Waals surface area contributed by atoms with Gasteiger partial charge in [-0.3, -0.25) is 0 Å². The van der Waals surface area contributed by atoms with Gasteiger partial charge >= 0.3 is 0 Å². The number of allylic oxidation sites excluding steroid dienone is 1. The summed E-state index contributed by atoms with van der Waals surface area (Å²) in [5.41, 5.74) is 4.59. The first-order valence-corrected chi connectivity index (χ1v) is 10.3. The molecule has 2 nitrogen and oxygen atoms in total. The van der Waals surface area contributed by atoms with Gasteiger partial charge in [-0.25, -0.2) is 0 Å². The second-order valence-electron chi connectivity index (χ2n) is 6.26. The first-order valence-electron chi connectivity index (χ1n) is 8.51. The van der Waals surface area contributed by atoms with Crippen LogP contribution in [0.25, 0.3) is 11.6 Å². The molecule has 3 aromatic carbocycles. The summed E-state index contributed by atoms with van der Waals surface area (Å²) in [6.45, 7) is 2.42. The lowest BCUT2D eigenvalue weighted by atomic mass is 10.0. The van der Waals surface area contributed by atoms with E-state index in [4.69, 9.17) is 27.9 Å². The highest BCUT2D eigenvalue weighted by Crippen LogP contribution is 2.27. The van der Waals surface area contributed by atoms with Crippen LogP contribution in [0.15, 0.2) is 60.7 Å². The van der Waals surface area contributed by atoms with Crippen LogP contribution in [0.3, 0.4) is 0 Å². The molecule has 0 aliphatic rings. The molecule has 0 amide bonds. The Hall–Kier alpha value is -2.00. The van der Waals surface area contributed by atoms with Crippen LogP contribution in [0.2, 0.25) is 10.0 Å². The molecule has 0 bridgehead atoms. The van der Waals surface area contributed by atoms with Crippen molar-refractivity contribution in [2.75, 3.05) is 0 Å². The summed E-state index contributed by atoms with van der Waals surface area (Å²) in [5.74, 6) is 0.776. The van der Waals surface area contributed by atoms with Gasteiger partial charge in [-0.05, 0) is 76.5 Å². The van der Waals surface area contributed by atoms with Crippen LogP contribution in [0.5, 0.6) is 5.75 Å². The van der Waals surface area contributed by atoms with Crippen molar-refractivity contribution in [3.63, 3.8) is 0 Å². The second kappa shape index (κ2) is 9.47. The predicted molar refractivity (Wildman–Crippen MR) is 125 cm³/mol. The maximum atomic E-state index is 9.52. The molecular formula is C23H16Cl2INO. The third kappa shape index (κ3) is 5.29. The minimum Gasteiger partial charge on any atom is -0.488 e. The molecule has 0 aliphatic heterocycles. The van der Waals surface area contributed by atoms with E-state index in [0.717, 1.165) is 26.0 Å². The molecule has 0 fully saturated rings. The Labute approximate surface area is 188 Å². The van der Waals surface area contributed by atoms with Gasteiger partial charge in [0.1, 0.15) is 12.4 Å². The third-order valence-electron chi connectivity index (χ3n) is 4.13. The Balaban J connectivity index is 1.76. The molecule has 0 unspecified atom stereocenters. The summed E-state index contributed by atoms with van der Waals surface area (Å²) >= 11 is 14.2. The Morgan fingerprint density at radius 3 is 2.43 bits per heavy atom. The monoisotopic (exact) mass is 519 g/mol. The summed E-state index contributed by atoms with van der Waals surface area (Å²) < 4.78 is 6.87. The quantitative estimate of drug-likeness (QED) is 0.198. The molecule has 0 spiro atoms. The summed E-state index contributed by atoms with van der Waals surface area (Å²) in [6, 6.07) is 21.5. The van der Waals surface area contributed by atoms with Gasteiger partial charge in [0, 0.05) is 0 Å². The van der Waals surface area contributed by atoms with Crippen LogP contribution in [0.1, 0.15) is 22.3 Å². The number of ether oxygens (including phenoxy) is 1. The van der Waals surface area contributed by atoms with Crippen LogP contribution >= 0.6 is 45.8 Å². The molecule has 0 aliphatic carbocycles. The zero-order valence-corrected chi connectivity index (χ0v) is 18.7. The number of aryl methyl sites for hydroxylation is 1. The number of benzene rings is 3. The van der Waals surface area contributed by atoms with Gasteiger partial charge in [-0.2, -0.15) is 5.26 Å². The molecule has 0 atom stereocenters. The average molecular weight is 520 g/mol. The standard InChI is InChI=1S/C23H16Cl2INO/c1-15-2-6-18(7-3-15)19(13-27)10-16-5-9-23(22(26)12-16)28-14-17-4-8-20(24)21(25)11-17/h2-12H,14H2,1H3/b19-10-. The lowest BCUT2D eigenvalue weighted by molar-refractivity contribution is 0.304. The Morgan fingerprint density at radius 1 is 1.04 bits per heavy atom. The first-order chi connectivity index (χ1) is 13.5. The van der Waals surface area contributed by atoms with E-state index in [1.807, 2.05) is 61.5 Å². The van der Waals surface area contributed by atoms with Gasteiger partial charge in [0.25, 0.3) is 0 Å². The van der Waals surface area contributed by atoms with Crippen molar-refractivity contribution < 1.29 is 4.74 Å². The average Bonchev–Trinajstić information content (AvgIpc) is 2.69. The van der Waals surface area contributed by atoms with E-state index in [0.29, 0.717) is 22.2 Å². The maximum Gasteiger partial charge on any atom is 0.133 e. The maximum absolute atomic E-state index is 9.52. The highest BCUT2D eigenvalue weighted by Gasteiger charge is 2.06. The summed E-state index contributed by atoms with van der Waals surface area (Å²) in [4.78, 5) is 0. The number of rotatable bonds is 5. The molecule has 0 radical (unpaired) electrons. The Kier molecular flexibility index (Phi) is 7.01. The van der Waals surface area contributed by atoms with E-state index in [2.05, 4.69) is 28.7 Å². The topological polar surface area (TPSA) is 33.0 Å². The molecule has 3 aromatic rings. The zero-order chi connectivity index (χ0) is 20.1. The van der Waals surface area contributed by atoms with Gasteiger partial charge in [0.15, 0.2) is 0 Å². The number of nitrogens with zero attached hydrogens (tertiary/aromatic N) is 1. The number of halogens is 3. The van der Waals surface area contributed by atoms with E-state index >= 15 is 0 Å². The highest BCUT2D eigenvalue weighted by molar-refractivity contribution is 14.1. The van der Waals surface area contributed by atoms with Crippen LogP contribution in [0, 0.1) is 21.8 Å². The fraction of sp³-hybridized carbons (Fsp3) is 0.0870. The third-order valence-corrected chi connectivity index (χ3v) is 5.71. The molecular weight excluding hydrogens is 504 g/mol. The molecule has 0 aromatic heterocycles. The smallest absolute Gasteiger partial charge is 0.133 e. The van der Waals surface area contributed by atoms with E-state index in [9.17, 15) is 5.26 Å². The highest BCUT2D eigenvalue weighted by atomic mass is 127. The van der Waals surface area contributed by atoms with E-state index < -0.39 is 0 Å². The van der Waals surface area contributed by atoms with Crippen LogP contribution in [0.4, 0.5) is 0 Å². The van der Waals surface area contributed by atoms with Crippen LogP contribution in [-0.2, 0) is 6.61 Å². The number of hydrogen-bond donors (Lipinski definition) is 0. The minimum atomic E-state index is 0.398. The fourth-order valence-electron chi connectivity index (χ4n) is 2.59. The molecule has 0 saturated heterocycles. The lowest BCUT2D eigenvalue weighted by Gasteiger charge is -2.10. The Morgan fingerprint density at radius 2 is 1.79 bits per heavy atom. The van der Waals surface area contributed by atoms with Crippen LogP contribution < -0.4 is 4.74 Å². The molecule has 3 rings (SSSR count). The molecule has 0 saturated carbocycles. The summed E-state index contributed by atoms with van der Waals surface area (Å²) in [5, 5.41) is 10.6. The largest absolute Gasteiger partial charge is 0.488 e. The van der Waals surface area contributed by atoms with Crippen molar-refractivity contribution in [2.45, 2.75) is 13.5 Å². The van der Waals surface area contributed by atoms with Crippen molar-refractivity contribution in [3.05, 3.63) is 96.5 Å². The zero-order valence-electron chi connectivity index (χ0n) is 15.0. The van der Waals surface area contributed by atoms with Crippen molar-refractivity contribution >= 4 is 57.4 Å². The van der Waals surface area contributed by atoms with Crippen molar-refractivity contribution in [1.29, 1.82) is 5.26 Å². The first kappa shape index (κ1) is 20.7. The lowest BCUT2D eigenvalue weighted by Crippen LogP contribution is -1.97. The van der Waals surface area contributed by atoms with Crippen molar-refractivity contribution in [3.8, 4) is 11.8 Å². The molecule has 0 heterocycles. The Bertz CT molecular complexity index is 1070. The molecule has 28 heavy (non-hydrogen) atoms.